The molecule has 2 aromatic carbocycles. The van der Waals surface area contributed by atoms with E-state index in [2.05, 4.69) is 0 Å². The summed E-state index contributed by atoms with van der Waals surface area (Å²) in [6.07, 6.45) is 2.40. The number of hydrogen-bond acceptors (Lipinski definition) is 2. The Hall–Kier alpha value is -2.33. The summed E-state index contributed by atoms with van der Waals surface area (Å²) < 4.78 is 18.7. The van der Waals surface area contributed by atoms with Crippen LogP contribution < -0.4 is 4.74 Å². The molecule has 0 saturated carbocycles. The molecular formula is C16H12ClFO3. The van der Waals surface area contributed by atoms with Crippen LogP contribution in [0.1, 0.15) is 11.1 Å². The maximum atomic E-state index is 13.1. The summed E-state index contributed by atoms with van der Waals surface area (Å²) in [6.45, 7) is 0.174. The molecule has 21 heavy (non-hydrogen) atoms. The number of hydrogen-bond donors (Lipinski definition) is 1. The van der Waals surface area contributed by atoms with Crippen molar-refractivity contribution < 1.29 is 19.0 Å². The summed E-state index contributed by atoms with van der Waals surface area (Å²) in [4.78, 5) is 10.6. The van der Waals surface area contributed by atoms with Gasteiger partial charge in [-0.15, -0.1) is 0 Å². The fraction of sp³-hybridized carbons (Fsp3) is 0.0625. The molecule has 0 aliphatic rings. The predicted octanol–water partition coefficient (Wildman–Crippen LogP) is 4.16. The molecule has 2 aromatic rings. The van der Waals surface area contributed by atoms with Gasteiger partial charge in [0.25, 0.3) is 0 Å². The lowest BCUT2D eigenvalue weighted by atomic mass is 10.2. The van der Waals surface area contributed by atoms with Crippen LogP contribution in [0.3, 0.4) is 0 Å². The first-order valence-electron chi connectivity index (χ1n) is 6.12. The molecule has 0 spiro atoms. The molecule has 3 nitrogen and oxygen atoms in total. The van der Waals surface area contributed by atoms with Gasteiger partial charge in [-0.05, 0) is 42.0 Å². The quantitative estimate of drug-likeness (QED) is 0.844. The Labute approximate surface area is 126 Å². The van der Waals surface area contributed by atoms with Crippen molar-refractivity contribution in [3.05, 3.63) is 70.5 Å². The first-order chi connectivity index (χ1) is 10.0. The lowest BCUT2D eigenvalue weighted by Crippen LogP contribution is -1.97. The molecule has 0 aliphatic heterocycles. The maximum absolute atomic E-state index is 13.1. The molecule has 0 amide bonds. The summed E-state index contributed by atoms with van der Waals surface area (Å²) in [5.74, 6) is -0.926. The van der Waals surface area contributed by atoms with Crippen molar-refractivity contribution in [1.82, 2.24) is 0 Å². The van der Waals surface area contributed by atoms with E-state index >= 15 is 0 Å². The lowest BCUT2D eigenvalue weighted by molar-refractivity contribution is -0.131. The summed E-state index contributed by atoms with van der Waals surface area (Å²) in [7, 11) is 0. The average molecular weight is 307 g/mol. The minimum Gasteiger partial charge on any atom is -0.488 e. The van der Waals surface area contributed by atoms with Gasteiger partial charge in [0.1, 0.15) is 18.2 Å². The van der Waals surface area contributed by atoms with Gasteiger partial charge in [-0.2, -0.15) is 0 Å². The monoisotopic (exact) mass is 306 g/mol. The van der Waals surface area contributed by atoms with Crippen LogP contribution in [0.15, 0.2) is 48.5 Å². The van der Waals surface area contributed by atoms with Gasteiger partial charge < -0.3 is 9.84 Å². The van der Waals surface area contributed by atoms with Crippen LogP contribution in [0.4, 0.5) is 4.39 Å². The minimum absolute atomic E-state index is 0.174. The van der Waals surface area contributed by atoms with Crippen molar-refractivity contribution in [2.45, 2.75) is 6.61 Å². The first-order valence-corrected chi connectivity index (χ1v) is 6.50. The Morgan fingerprint density at radius 3 is 2.81 bits per heavy atom. The Kier molecular flexibility index (Phi) is 4.95. The summed E-state index contributed by atoms with van der Waals surface area (Å²) >= 11 is 5.88. The molecule has 0 bridgehead atoms. The van der Waals surface area contributed by atoms with Crippen LogP contribution in [0.5, 0.6) is 5.75 Å². The molecule has 0 aromatic heterocycles. The third-order valence-electron chi connectivity index (χ3n) is 2.66. The maximum Gasteiger partial charge on any atom is 0.328 e. The van der Waals surface area contributed by atoms with Gasteiger partial charge >= 0.3 is 5.97 Å². The van der Waals surface area contributed by atoms with E-state index in [9.17, 15) is 9.18 Å². The van der Waals surface area contributed by atoms with E-state index in [1.165, 1.54) is 18.2 Å². The van der Waals surface area contributed by atoms with Crippen LogP contribution in [-0.4, -0.2) is 11.1 Å². The number of carboxylic acid groups (broad SMARTS) is 1. The molecule has 0 radical (unpaired) electrons. The molecule has 1 N–H and O–H groups in total. The van der Waals surface area contributed by atoms with Crippen LogP contribution >= 0.6 is 11.6 Å². The molecule has 0 heterocycles. The smallest absolute Gasteiger partial charge is 0.328 e. The summed E-state index contributed by atoms with van der Waals surface area (Å²) in [5.41, 5.74) is 1.22. The normalized spacial score (nSPS) is 10.8. The topological polar surface area (TPSA) is 46.5 Å². The van der Waals surface area contributed by atoms with E-state index in [1.54, 1.807) is 30.3 Å². The van der Waals surface area contributed by atoms with Crippen molar-refractivity contribution in [3.63, 3.8) is 0 Å². The van der Waals surface area contributed by atoms with Crippen LogP contribution in [-0.2, 0) is 11.4 Å². The zero-order chi connectivity index (χ0) is 15.2. The van der Waals surface area contributed by atoms with Crippen molar-refractivity contribution in [2.75, 3.05) is 0 Å². The van der Waals surface area contributed by atoms with Crippen molar-refractivity contribution in [3.8, 4) is 5.75 Å². The molecule has 2 rings (SSSR count). The fourth-order valence-electron chi connectivity index (χ4n) is 1.73. The second-order valence-electron chi connectivity index (χ2n) is 4.27. The molecule has 0 unspecified atom stereocenters. The number of benzene rings is 2. The average Bonchev–Trinajstić information content (AvgIpc) is 2.44. The molecule has 108 valence electrons. The summed E-state index contributed by atoms with van der Waals surface area (Å²) in [6, 6.07) is 11.0. The fourth-order valence-corrected chi connectivity index (χ4v) is 1.91. The minimum atomic E-state index is -1.06. The number of carbonyl (C=O) groups is 1. The second-order valence-corrected chi connectivity index (χ2v) is 4.71. The van der Waals surface area contributed by atoms with E-state index < -0.39 is 5.97 Å². The largest absolute Gasteiger partial charge is 0.488 e. The Bertz CT molecular complexity index is 683. The number of aliphatic carboxylic acids is 1. The Balaban J connectivity index is 2.17. The van der Waals surface area contributed by atoms with Crippen molar-refractivity contribution in [1.29, 1.82) is 0 Å². The number of halogens is 2. The first kappa shape index (κ1) is 15.1. The van der Waals surface area contributed by atoms with E-state index in [4.69, 9.17) is 21.4 Å². The molecule has 0 fully saturated rings. The van der Waals surface area contributed by atoms with Gasteiger partial charge in [-0.25, -0.2) is 9.18 Å². The molecule has 5 heteroatoms. The number of ether oxygens (including phenoxy) is 1. The van der Waals surface area contributed by atoms with E-state index in [1.807, 2.05) is 0 Å². The van der Waals surface area contributed by atoms with Gasteiger partial charge in [0, 0.05) is 16.7 Å². The van der Waals surface area contributed by atoms with Crippen molar-refractivity contribution >= 4 is 23.6 Å². The molecular weight excluding hydrogens is 295 g/mol. The Morgan fingerprint density at radius 2 is 2.10 bits per heavy atom. The van der Waals surface area contributed by atoms with E-state index in [0.29, 0.717) is 21.9 Å². The van der Waals surface area contributed by atoms with Gasteiger partial charge in [-0.3, -0.25) is 0 Å². The van der Waals surface area contributed by atoms with Gasteiger partial charge in [0.05, 0.1) is 0 Å². The highest BCUT2D eigenvalue weighted by Crippen LogP contribution is 2.25. The van der Waals surface area contributed by atoms with Crippen LogP contribution in [0, 0.1) is 5.82 Å². The lowest BCUT2D eigenvalue weighted by Gasteiger charge is -2.10. The standard InChI is InChI=1S/C16H12ClFO3/c17-13-5-6-15(12(9-13)4-7-16(19)20)21-10-11-2-1-3-14(18)8-11/h1-9H,10H2,(H,19,20)/b7-4+. The number of carboxylic acids is 1. The van der Waals surface area contributed by atoms with Gasteiger partial charge in [0.15, 0.2) is 0 Å². The van der Waals surface area contributed by atoms with E-state index in [-0.39, 0.29) is 12.4 Å². The van der Waals surface area contributed by atoms with E-state index in [0.717, 1.165) is 6.08 Å². The van der Waals surface area contributed by atoms with Gasteiger partial charge in [0.2, 0.25) is 0 Å². The number of rotatable bonds is 5. The van der Waals surface area contributed by atoms with Crippen LogP contribution in [0.25, 0.3) is 6.08 Å². The predicted molar refractivity (Wildman–Crippen MR) is 78.9 cm³/mol. The van der Waals surface area contributed by atoms with Crippen molar-refractivity contribution in [2.24, 2.45) is 0 Å². The third-order valence-corrected chi connectivity index (χ3v) is 2.90. The third kappa shape index (κ3) is 4.61. The molecule has 0 saturated heterocycles. The SMILES string of the molecule is O=C(O)/C=C/c1cc(Cl)ccc1OCc1cccc(F)c1. The second kappa shape index (κ2) is 6.90. The highest BCUT2D eigenvalue weighted by molar-refractivity contribution is 6.30. The highest BCUT2D eigenvalue weighted by Gasteiger charge is 2.04. The molecule has 0 atom stereocenters. The van der Waals surface area contributed by atoms with Gasteiger partial charge in [-0.1, -0.05) is 23.7 Å². The molecule has 0 aliphatic carbocycles. The van der Waals surface area contributed by atoms with Crippen LogP contribution in [0.2, 0.25) is 5.02 Å². The highest BCUT2D eigenvalue weighted by atomic mass is 35.5. The zero-order valence-corrected chi connectivity index (χ0v) is 11.7. The zero-order valence-electron chi connectivity index (χ0n) is 10.9. The summed E-state index contributed by atoms with van der Waals surface area (Å²) in [5, 5.41) is 9.14. The Morgan fingerprint density at radius 1 is 1.29 bits per heavy atom.